The lowest BCUT2D eigenvalue weighted by molar-refractivity contribution is -0.133. The number of phenols is 1. The molecular formula is C15H21NO4S. The molecule has 0 bridgehead atoms. The normalized spacial score (nSPS) is 17.8. The number of hydrogen-bond donors (Lipinski definition) is 1. The van der Waals surface area contributed by atoms with Crippen LogP contribution in [0.4, 0.5) is 0 Å². The maximum Gasteiger partial charge on any atom is 0.222 e. The maximum atomic E-state index is 12.3. The number of piperidine rings is 1. The number of nitrogens with zero attached hydrogens (tertiary/aromatic N) is 1. The number of aromatic hydroxyl groups is 1. The Balaban J connectivity index is 1.99. The van der Waals surface area contributed by atoms with Gasteiger partial charge in [-0.15, -0.1) is 0 Å². The Hall–Kier alpha value is -1.56. The van der Waals surface area contributed by atoms with Crippen molar-refractivity contribution < 1.29 is 18.3 Å². The molecule has 2 rings (SSSR count). The topological polar surface area (TPSA) is 74.7 Å². The standard InChI is InChI=1S/C15H21NO4S/c1-12(10-16-9-3-2-4-15(16)18)11-21(19,20)14-7-5-13(17)6-8-14/h5-8,12,17H,2-4,9-11H2,1H3/t12-/m1/s1. The Kier molecular flexibility index (Phi) is 4.88. The van der Waals surface area contributed by atoms with E-state index < -0.39 is 9.84 Å². The summed E-state index contributed by atoms with van der Waals surface area (Å²) in [5, 5.41) is 9.21. The van der Waals surface area contributed by atoms with Gasteiger partial charge in [0.05, 0.1) is 10.6 Å². The Morgan fingerprint density at radius 1 is 1.24 bits per heavy atom. The van der Waals surface area contributed by atoms with Crippen LogP contribution in [0, 0.1) is 5.92 Å². The number of hydrogen-bond acceptors (Lipinski definition) is 4. The number of phenolic OH excluding ortho intramolecular Hbond substituents is 1. The molecule has 0 unspecified atom stereocenters. The molecule has 1 aromatic carbocycles. The van der Waals surface area contributed by atoms with Gasteiger partial charge in [-0.3, -0.25) is 4.79 Å². The predicted molar refractivity (Wildman–Crippen MR) is 79.8 cm³/mol. The molecule has 0 radical (unpaired) electrons. The van der Waals surface area contributed by atoms with Gasteiger partial charge in [-0.2, -0.15) is 0 Å². The van der Waals surface area contributed by atoms with Crippen LogP contribution in [0.25, 0.3) is 0 Å². The minimum absolute atomic E-state index is 0.00154. The van der Waals surface area contributed by atoms with E-state index in [0.717, 1.165) is 19.4 Å². The third-order valence-electron chi connectivity index (χ3n) is 3.65. The Labute approximate surface area is 125 Å². The van der Waals surface area contributed by atoms with Gasteiger partial charge in [0, 0.05) is 19.5 Å². The monoisotopic (exact) mass is 311 g/mol. The van der Waals surface area contributed by atoms with Gasteiger partial charge in [-0.05, 0) is 43.0 Å². The van der Waals surface area contributed by atoms with Gasteiger partial charge in [-0.1, -0.05) is 6.92 Å². The molecule has 116 valence electrons. The highest BCUT2D eigenvalue weighted by Crippen LogP contribution is 2.19. The molecule has 0 aliphatic carbocycles. The number of amides is 1. The zero-order chi connectivity index (χ0) is 15.5. The third-order valence-corrected chi connectivity index (χ3v) is 5.65. The molecule has 1 saturated heterocycles. The van der Waals surface area contributed by atoms with E-state index in [1.807, 2.05) is 6.92 Å². The molecule has 1 aliphatic rings. The largest absolute Gasteiger partial charge is 0.508 e. The number of sulfone groups is 1. The van der Waals surface area contributed by atoms with Gasteiger partial charge in [0.25, 0.3) is 0 Å². The van der Waals surface area contributed by atoms with Gasteiger partial charge < -0.3 is 10.0 Å². The number of carbonyl (C=O) groups excluding carboxylic acids is 1. The third kappa shape index (κ3) is 4.20. The van der Waals surface area contributed by atoms with Crippen molar-refractivity contribution in [3.8, 4) is 5.75 Å². The van der Waals surface area contributed by atoms with Crippen molar-refractivity contribution in [2.24, 2.45) is 5.92 Å². The second-order valence-electron chi connectivity index (χ2n) is 5.68. The molecule has 1 N–H and O–H groups in total. The Morgan fingerprint density at radius 2 is 1.90 bits per heavy atom. The zero-order valence-corrected chi connectivity index (χ0v) is 13.0. The summed E-state index contributed by atoms with van der Waals surface area (Å²) >= 11 is 0. The highest BCUT2D eigenvalue weighted by atomic mass is 32.2. The quantitative estimate of drug-likeness (QED) is 0.900. The molecule has 1 aromatic rings. The summed E-state index contributed by atoms with van der Waals surface area (Å²) in [6.07, 6.45) is 2.48. The lowest BCUT2D eigenvalue weighted by Crippen LogP contribution is -2.39. The van der Waals surface area contributed by atoms with Crippen LogP contribution in [-0.4, -0.2) is 43.2 Å². The second-order valence-corrected chi connectivity index (χ2v) is 7.71. The Morgan fingerprint density at radius 3 is 2.52 bits per heavy atom. The molecule has 0 saturated carbocycles. The molecule has 1 heterocycles. The van der Waals surface area contributed by atoms with E-state index >= 15 is 0 Å². The fraction of sp³-hybridized carbons (Fsp3) is 0.533. The smallest absolute Gasteiger partial charge is 0.222 e. The first-order valence-corrected chi connectivity index (χ1v) is 8.83. The maximum absolute atomic E-state index is 12.3. The molecule has 1 atom stereocenters. The number of likely N-dealkylation sites (tertiary alicyclic amines) is 1. The highest BCUT2D eigenvalue weighted by molar-refractivity contribution is 7.91. The number of carbonyl (C=O) groups is 1. The van der Waals surface area contributed by atoms with Crippen molar-refractivity contribution in [2.75, 3.05) is 18.8 Å². The predicted octanol–water partition coefficient (Wildman–Crippen LogP) is 1.81. The SMILES string of the molecule is C[C@H](CN1CCCCC1=O)CS(=O)(=O)c1ccc(O)cc1. The van der Waals surface area contributed by atoms with E-state index in [4.69, 9.17) is 0 Å². The van der Waals surface area contributed by atoms with Gasteiger partial charge >= 0.3 is 0 Å². The summed E-state index contributed by atoms with van der Waals surface area (Å²) in [6, 6.07) is 5.55. The summed E-state index contributed by atoms with van der Waals surface area (Å²) < 4.78 is 24.6. The molecular weight excluding hydrogens is 290 g/mol. The fourth-order valence-corrected chi connectivity index (χ4v) is 4.21. The van der Waals surface area contributed by atoms with E-state index in [-0.39, 0.29) is 28.2 Å². The van der Waals surface area contributed by atoms with Crippen molar-refractivity contribution in [1.82, 2.24) is 4.90 Å². The summed E-state index contributed by atoms with van der Waals surface area (Å²) in [6.45, 7) is 3.05. The first-order valence-electron chi connectivity index (χ1n) is 7.18. The van der Waals surface area contributed by atoms with Crippen molar-refractivity contribution in [2.45, 2.75) is 31.1 Å². The first kappa shape index (κ1) is 15.8. The molecule has 1 fully saturated rings. The van der Waals surface area contributed by atoms with Crippen LogP contribution in [0.1, 0.15) is 26.2 Å². The summed E-state index contributed by atoms with van der Waals surface area (Å²) in [5.41, 5.74) is 0. The van der Waals surface area contributed by atoms with Gasteiger partial charge in [0.15, 0.2) is 9.84 Å². The van der Waals surface area contributed by atoms with E-state index in [2.05, 4.69) is 0 Å². The highest BCUT2D eigenvalue weighted by Gasteiger charge is 2.24. The van der Waals surface area contributed by atoms with E-state index in [1.165, 1.54) is 24.3 Å². The minimum atomic E-state index is -3.39. The van der Waals surface area contributed by atoms with Crippen LogP contribution >= 0.6 is 0 Å². The number of rotatable bonds is 5. The molecule has 1 amide bonds. The lowest BCUT2D eigenvalue weighted by atomic mass is 10.1. The fourth-order valence-electron chi connectivity index (χ4n) is 2.61. The van der Waals surface area contributed by atoms with Gasteiger partial charge in [0.2, 0.25) is 5.91 Å². The van der Waals surface area contributed by atoms with Crippen LogP contribution in [0.15, 0.2) is 29.2 Å². The number of benzene rings is 1. The van der Waals surface area contributed by atoms with Crippen LogP contribution in [0.2, 0.25) is 0 Å². The average molecular weight is 311 g/mol. The second kappa shape index (κ2) is 6.47. The molecule has 0 aromatic heterocycles. The molecule has 21 heavy (non-hydrogen) atoms. The van der Waals surface area contributed by atoms with Crippen LogP contribution in [0.3, 0.4) is 0 Å². The van der Waals surface area contributed by atoms with Crippen molar-refractivity contribution in [1.29, 1.82) is 0 Å². The molecule has 1 aliphatic heterocycles. The molecule has 5 nitrogen and oxygen atoms in total. The average Bonchev–Trinajstić information content (AvgIpc) is 2.41. The van der Waals surface area contributed by atoms with E-state index in [9.17, 15) is 18.3 Å². The van der Waals surface area contributed by atoms with Crippen LogP contribution < -0.4 is 0 Å². The first-order chi connectivity index (χ1) is 9.88. The van der Waals surface area contributed by atoms with E-state index in [1.54, 1.807) is 4.90 Å². The van der Waals surface area contributed by atoms with Crippen LogP contribution in [0.5, 0.6) is 5.75 Å². The minimum Gasteiger partial charge on any atom is -0.508 e. The summed E-state index contributed by atoms with van der Waals surface area (Å²) in [5.74, 6) is 0.0450. The molecule has 6 heteroatoms. The van der Waals surface area contributed by atoms with Gasteiger partial charge in [0.1, 0.15) is 5.75 Å². The van der Waals surface area contributed by atoms with E-state index in [0.29, 0.717) is 13.0 Å². The van der Waals surface area contributed by atoms with Crippen molar-refractivity contribution in [3.05, 3.63) is 24.3 Å². The zero-order valence-electron chi connectivity index (χ0n) is 12.2. The van der Waals surface area contributed by atoms with Crippen molar-refractivity contribution >= 4 is 15.7 Å². The van der Waals surface area contributed by atoms with Gasteiger partial charge in [-0.25, -0.2) is 8.42 Å². The Bertz CT molecular complexity index is 595. The molecule has 0 spiro atoms. The summed E-state index contributed by atoms with van der Waals surface area (Å²) in [7, 11) is -3.39. The van der Waals surface area contributed by atoms with Crippen molar-refractivity contribution in [3.63, 3.8) is 0 Å². The lowest BCUT2D eigenvalue weighted by Gasteiger charge is -2.29. The van der Waals surface area contributed by atoms with Crippen LogP contribution in [-0.2, 0) is 14.6 Å². The summed E-state index contributed by atoms with van der Waals surface area (Å²) in [4.78, 5) is 13.7.